The molecule has 2 aromatic carbocycles. The first kappa shape index (κ1) is 45.0. The number of anilines is 1. The zero-order valence-corrected chi connectivity index (χ0v) is 38.8. The molecule has 3 fully saturated rings. The fraction of sp³-hybridized carbons (Fsp3) is 0.489. The summed E-state index contributed by atoms with van der Waals surface area (Å²) in [6, 6.07) is 10.6. The van der Waals surface area contributed by atoms with Gasteiger partial charge in [-0.25, -0.2) is 18.4 Å². The average molecular weight is 912 g/mol. The second kappa shape index (κ2) is 17.8. The number of carbonyl (C=O) groups is 4. The molecule has 2 aromatic heterocycles. The summed E-state index contributed by atoms with van der Waals surface area (Å²) in [4.78, 5) is 68.0. The lowest BCUT2D eigenvalue weighted by Crippen LogP contribution is -2.58. The Kier molecular flexibility index (Phi) is 12.5. The van der Waals surface area contributed by atoms with Crippen molar-refractivity contribution < 1.29 is 37.1 Å². The predicted molar refractivity (Wildman–Crippen MR) is 246 cm³/mol. The molecule has 2 saturated carbocycles. The molecule has 340 valence electrons. The van der Waals surface area contributed by atoms with Crippen LogP contribution in [0.25, 0.3) is 21.6 Å². The van der Waals surface area contributed by atoms with E-state index in [0.29, 0.717) is 71.5 Å². The number of methoxy groups -OCH3 is 1. The first-order valence-electron chi connectivity index (χ1n) is 22.1. The number of carbonyl (C=O) groups excluding carboxylic acids is 4. The number of thiazole rings is 1. The average Bonchev–Trinajstić information content (AvgIpc) is 4.05. The fourth-order valence-electron chi connectivity index (χ4n) is 8.70. The number of aryl methyl sites for hydroxylation is 1. The summed E-state index contributed by atoms with van der Waals surface area (Å²) in [5.74, 6) is -1.05. The number of nitrogens with zero attached hydrogens (tertiary/aromatic N) is 3. The van der Waals surface area contributed by atoms with Crippen LogP contribution in [0.2, 0.25) is 0 Å². The van der Waals surface area contributed by atoms with Crippen molar-refractivity contribution in [1.29, 1.82) is 0 Å². The largest absolute Gasteiger partial charge is 0.496 e. The molecule has 1 saturated heterocycles. The Morgan fingerprint density at radius 1 is 1.05 bits per heavy atom. The van der Waals surface area contributed by atoms with E-state index in [2.05, 4.69) is 34.5 Å². The monoisotopic (exact) mass is 911 g/mol. The van der Waals surface area contributed by atoms with Gasteiger partial charge in [-0.2, -0.15) is 0 Å². The number of rotatable bonds is 11. The second-order valence-corrected chi connectivity index (χ2v) is 21.1. The summed E-state index contributed by atoms with van der Waals surface area (Å²) in [5, 5.41) is 12.5. The molecule has 0 spiro atoms. The van der Waals surface area contributed by atoms with Gasteiger partial charge in [0.1, 0.15) is 45.9 Å². The number of hydrogen-bond acceptors (Lipinski definition) is 12. The van der Waals surface area contributed by atoms with Crippen LogP contribution in [0.5, 0.6) is 11.5 Å². The maximum atomic E-state index is 15.1. The summed E-state index contributed by atoms with van der Waals surface area (Å²) in [5.41, 5.74) is 2.49. The summed E-state index contributed by atoms with van der Waals surface area (Å²) in [7, 11) is -0.851. The van der Waals surface area contributed by atoms with Gasteiger partial charge in [-0.15, -0.1) is 11.3 Å². The number of hydrogen-bond donors (Lipinski definition) is 4. The van der Waals surface area contributed by atoms with Gasteiger partial charge in [0, 0.05) is 53.0 Å². The van der Waals surface area contributed by atoms with E-state index in [1.54, 1.807) is 45.3 Å². The molecule has 8 rings (SSSR count). The number of pyridine rings is 1. The Bertz CT molecular complexity index is 2630. The summed E-state index contributed by atoms with van der Waals surface area (Å²) < 4.78 is 40.5. The van der Waals surface area contributed by atoms with Crippen LogP contribution >= 0.6 is 11.3 Å². The van der Waals surface area contributed by atoms with Crippen LogP contribution in [-0.2, 0) is 24.4 Å². The van der Waals surface area contributed by atoms with Crippen LogP contribution in [0.1, 0.15) is 106 Å². The van der Waals surface area contributed by atoms with E-state index >= 15 is 4.79 Å². The molecule has 17 heteroatoms. The molecule has 2 aliphatic heterocycles. The van der Waals surface area contributed by atoms with Crippen LogP contribution in [0.3, 0.4) is 0 Å². The SMILES string of the molecule is CNC(=O)c1cccc(N[C@H]2CCCCC/C=C\[C@@H]3C[C@@]3(C(=O)NS(=O)(=O)C3(C)CC3)NC(=O)[C@@H]3C[C@@H](Oc4cc(-c5nc(C(C)C)cs5)nc5c(C)c(OC)ccc45)CN3C2=O)c1. The number of sulfonamides is 1. The van der Waals surface area contributed by atoms with E-state index in [1.165, 1.54) is 16.2 Å². The normalized spacial score (nSPS) is 25.0. The molecule has 64 heavy (non-hydrogen) atoms. The zero-order chi connectivity index (χ0) is 45.6. The third kappa shape index (κ3) is 8.93. The highest BCUT2D eigenvalue weighted by molar-refractivity contribution is 7.91. The molecule has 2 aliphatic carbocycles. The van der Waals surface area contributed by atoms with Crippen LogP contribution in [0, 0.1) is 12.8 Å². The molecule has 0 radical (unpaired) electrons. The van der Waals surface area contributed by atoms with Crippen molar-refractivity contribution in [1.82, 2.24) is 30.2 Å². The number of benzene rings is 2. The van der Waals surface area contributed by atoms with Gasteiger partial charge in [0.15, 0.2) is 0 Å². The van der Waals surface area contributed by atoms with Gasteiger partial charge in [-0.3, -0.25) is 23.9 Å². The lowest BCUT2D eigenvalue weighted by Gasteiger charge is -2.30. The number of aromatic nitrogens is 2. The van der Waals surface area contributed by atoms with Gasteiger partial charge in [0.25, 0.3) is 11.8 Å². The Morgan fingerprint density at radius 3 is 2.56 bits per heavy atom. The number of fused-ring (bicyclic) bond motifs is 3. The lowest BCUT2D eigenvalue weighted by molar-refractivity contribution is -0.140. The van der Waals surface area contributed by atoms with E-state index in [1.807, 2.05) is 42.7 Å². The maximum Gasteiger partial charge on any atom is 0.259 e. The summed E-state index contributed by atoms with van der Waals surface area (Å²) >= 11 is 1.49. The molecule has 4 heterocycles. The Balaban J connectivity index is 1.16. The van der Waals surface area contributed by atoms with E-state index in [-0.39, 0.29) is 37.1 Å². The molecule has 4 aliphatic rings. The number of nitrogens with one attached hydrogen (secondary N) is 4. The van der Waals surface area contributed by atoms with Crippen LogP contribution in [-0.4, -0.2) is 96.1 Å². The molecular formula is C47H57N7O8S2. The van der Waals surface area contributed by atoms with Gasteiger partial charge in [0.2, 0.25) is 21.8 Å². The van der Waals surface area contributed by atoms with Crippen molar-refractivity contribution >= 4 is 61.6 Å². The van der Waals surface area contributed by atoms with Crippen LogP contribution < -0.4 is 30.1 Å². The maximum absolute atomic E-state index is 15.1. The van der Waals surface area contributed by atoms with E-state index < -0.39 is 56.2 Å². The minimum Gasteiger partial charge on any atom is -0.496 e. The molecular weight excluding hydrogens is 855 g/mol. The third-order valence-corrected chi connectivity index (χ3v) is 16.2. The van der Waals surface area contributed by atoms with Crippen molar-refractivity contribution in [3.63, 3.8) is 0 Å². The fourth-order valence-corrected chi connectivity index (χ4v) is 11.0. The van der Waals surface area contributed by atoms with E-state index in [9.17, 15) is 22.8 Å². The third-order valence-electron chi connectivity index (χ3n) is 13.2. The highest BCUT2D eigenvalue weighted by atomic mass is 32.2. The van der Waals surface area contributed by atoms with Crippen molar-refractivity contribution in [2.75, 3.05) is 26.0 Å². The first-order valence-corrected chi connectivity index (χ1v) is 24.5. The Labute approximate surface area is 378 Å². The predicted octanol–water partition coefficient (Wildman–Crippen LogP) is 6.38. The van der Waals surface area contributed by atoms with Crippen LogP contribution in [0.4, 0.5) is 5.69 Å². The highest BCUT2D eigenvalue weighted by Crippen LogP contribution is 2.48. The van der Waals surface area contributed by atoms with Crippen LogP contribution in [0.15, 0.2) is 60.0 Å². The molecule has 0 bridgehead atoms. The van der Waals surface area contributed by atoms with Gasteiger partial charge < -0.3 is 30.3 Å². The van der Waals surface area contributed by atoms with Crippen molar-refractivity contribution in [3.8, 4) is 22.2 Å². The molecule has 0 unspecified atom stereocenters. The van der Waals surface area contributed by atoms with Crippen molar-refractivity contribution in [2.24, 2.45) is 5.92 Å². The van der Waals surface area contributed by atoms with Gasteiger partial charge in [-0.1, -0.05) is 44.9 Å². The van der Waals surface area contributed by atoms with Gasteiger partial charge in [0.05, 0.1) is 29.6 Å². The zero-order valence-electron chi connectivity index (χ0n) is 37.2. The standard InChI is InChI=1S/C47H57N7O8S2/c1-27(2)36-26-63-43(51-36)35-23-39(33-17-18-38(61-6)28(3)40(33)50-35)62-32-22-37-42(56)52-47(45(58)53-64(59,60)46(4)19-20-46)24-30(47)14-10-8-7-9-11-16-34(44(57)54(37)25-32)49-31-15-12-13-29(21-31)41(55)48-5/h10,12-15,17-18,21,23,26-27,30,32,34,37,49H,7-9,11,16,19-20,22,24-25H2,1-6H3,(H,48,55)(H,52,56)(H,53,58)/b14-10-/t30-,32-,34+,37+,47-/m1/s1. The minimum absolute atomic E-state index is 0.0334. The van der Waals surface area contributed by atoms with Gasteiger partial charge in [-0.05, 0) is 88.6 Å². The summed E-state index contributed by atoms with van der Waals surface area (Å²) in [6.07, 6.45) is 7.86. The highest BCUT2D eigenvalue weighted by Gasteiger charge is 2.63. The Hall–Kier alpha value is -5.55. The number of ether oxygens (including phenoxy) is 2. The minimum atomic E-state index is -4.01. The van der Waals surface area contributed by atoms with E-state index in [4.69, 9.17) is 19.4 Å². The smallest absolute Gasteiger partial charge is 0.259 e. The first-order chi connectivity index (χ1) is 30.6. The quantitative estimate of drug-likeness (QED) is 0.122. The van der Waals surface area contributed by atoms with Crippen molar-refractivity contribution in [3.05, 3.63) is 76.8 Å². The van der Waals surface area contributed by atoms with Crippen molar-refractivity contribution in [2.45, 2.75) is 120 Å². The molecule has 4 amide bonds. The molecule has 15 nitrogen and oxygen atoms in total. The summed E-state index contributed by atoms with van der Waals surface area (Å²) in [6.45, 7) is 7.73. The topological polar surface area (TPSA) is 198 Å². The molecule has 4 N–H and O–H groups in total. The lowest BCUT2D eigenvalue weighted by atomic mass is 10.0. The second-order valence-electron chi connectivity index (χ2n) is 18.1. The Morgan fingerprint density at radius 2 is 1.84 bits per heavy atom. The number of amides is 4. The molecule has 5 atom stereocenters. The van der Waals surface area contributed by atoms with E-state index in [0.717, 1.165) is 29.1 Å². The van der Waals surface area contributed by atoms with Gasteiger partial charge >= 0.3 is 0 Å². The number of allylic oxidation sites excluding steroid dienone is 1. The molecule has 4 aromatic rings.